The Hall–Kier alpha value is -2.67. The van der Waals surface area contributed by atoms with Gasteiger partial charge in [0, 0.05) is 10.0 Å². The van der Waals surface area contributed by atoms with Crippen LogP contribution in [0.3, 0.4) is 0 Å². The van der Waals surface area contributed by atoms with Gasteiger partial charge in [-0.15, -0.1) is 0 Å². The van der Waals surface area contributed by atoms with Crippen molar-refractivity contribution in [3.05, 3.63) is 64.5 Å². The first kappa shape index (κ1) is 17.2. The van der Waals surface area contributed by atoms with Gasteiger partial charge in [0.05, 0.1) is 20.1 Å². The predicted molar refractivity (Wildman–Crippen MR) is 96.0 cm³/mol. The van der Waals surface area contributed by atoms with Crippen molar-refractivity contribution in [3.8, 4) is 17.1 Å². The van der Waals surface area contributed by atoms with E-state index in [4.69, 9.17) is 9.26 Å². The molecule has 0 fully saturated rings. The van der Waals surface area contributed by atoms with Gasteiger partial charge >= 0.3 is 0 Å². The van der Waals surface area contributed by atoms with Crippen LogP contribution in [-0.2, 0) is 17.8 Å². The number of benzene rings is 2. The highest BCUT2D eigenvalue weighted by Gasteiger charge is 2.10. The summed E-state index contributed by atoms with van der Waals surface area (Å²) < 4.78 is 11.2. The van der Waals surface area contributed by atoms with Gasteiger partial charge in [-0.3, -0.25) is 4.79 Å². The maximum Gasteiger partial charge on any atom is 0.246 e. The maximum absolute atomic E-state index is 12.0. The van der Waals surface area contributed by atoms with E-state index >= 15 is 0 Å². The zero-order valence-corrected chi connectivity index (χ0v) is 15.1. The predicted octanol–water partition coefficient (Wildman–Crippen LogP) is 3.37. The minimum absolute atomic E-state index is 0.118. The van der Waals surface area contributed by atoms with Gasteiger partial charge in [0.2, 0.25) is 17.6 Å². The van der Waals surface area contributed by atoms with E-state index in [1.807, 2.05) is 48.5 Å². The van der Waals surface area contributed by atoms with Crippen LogP contribution in [-0.4, -0.2) is 23.2 Å². The van der Waals surface area contributed by atoms with Crippen molar-refractivity contribution in [2.24, 2.45) is 0 Å². The van der Waals surface area contributed by atoms with Gasteiger partial charge in [-0.25, -0.2) is 0 Å². The highest BCUT2D eigenvalue weighted by Crippen LogP contribution is 2.20. The monoisotopic (exact) mass is 401 g/mol. The summed E-state index contributed by atoms with van der Waals surface area (Å²) in [4.78, 5) is 16.3. The summed E-state index contributed by atoms with van der Waals surface area (Å²) >= 11 is 3.41. The molecule has 128 valence electrons. The number of ether oxygens (including phenoxy) is 1. The Labute approximate surface area is 153 Å². The lowest BCUT2D eigenvalue weighted by molar-refractivity contribution is -0.120. The number of nitrogens with one attached hydrogen (secondary N) is 1. The van der Waals surface area contributed by atoms with E-state index in [1.165, 1.54) is 0 Å². The Bertz CT molecular complexity index is 862. The van der Waals surface area contributed by atoms with Crippen molar-refractivity contribution < 1.29 is 14.1 Å². The molecule has 25 heavy (non-hydrogen) atoms. The van der Waals surface area contributed by atoms with Crippen LogP contribution in [0.15, 0.2) is 57.5 Å². The second-order valence-electron chi connectivity index (χ2n) is 5.32. The highest BCUT2D eigenvalue weighted by atomic mass is 79.9. The second kappa shape index (κ2) is 7.94. The molecular formula is C18H16BrN3O3. The minimum atomic E-state index is -0.118. The number of carbonyl (C=O) groups excluding carboxylic acids is 1. The normalized spacial score (nSPS) is 10.5. The van der Waals surface area contributed by atoms with Crippen molar-refractivity contribution in [2.45, 2.75) is 13.0 Å². The standard InChI is InChI=1S/C18H16BrN3O3/c1-24-15-7-5-12(6-8-15)9-16(23)20-11-17-21-18(22-25-17)13-3-2-4-14(19)10-13/h2-8,10H,9,11H2,1H3,(H,20,23). The van der Waals surface area contributed by atoms with Crippen molar-refractivity contribution in [3.63, 3.8) is 0 Å². The number of methoxy groups -OCH3 is 1. The van der Waals surface area contributed by atoms with Gasteiger partial charge < -0.3 is 14.6 Å². The van der Waals surface area contributed by atoms with Gasteiger partial charge in [0.15, 0.2) is 0 Å². The molecule has 3 aromatic rings. The van der Waals surface area contributed by atoms with Gasteiger partial charge in [-0.05, 0) is 29.8 Å². The molecule has 7 heteroatoms. The molecule has 0 saturated carbocycles. The topological polar surface area (TPSA) is 77.2 Å². The highest BCUT2D eigenvalue weighted by molar-refractivity contribution is 9.10. The number of nitrogens with zero attached hydrogens (tertiary/aromatic N) is 2. The fourth-order valence-electron chi connectivity index (χ4n) is 2.24. The Morgan fingerprint density at radius 3 is 2.76 bits per heavy atom. The lowest BCUT2D eigenvalue weighted by Crippen LogP contribution is -2.24. The third-order valence-electron chi connectivity index (χ3n) is 3.51. The first-order chi connectivity index (χ1) is 12.1. The van der Waals surface area contributed by atoms with Crippen LogP contribution >= 0.6 is 15.9 Å². The van der Waals surface area contributed by atoms with E-state index < -0.39 is 0 Å². The molecule has 0 atom stereocenters. The van der Waals surface area contributed by atoms with E-state index in [1.54, 1.807) is 7.11 Å². The van der Waals surface area contributed by atoms with E-state index in [0.29, 0.717) is 11.7 Å². The van der Waals surface area contributed by atoms with Crippen molar-refractivity contribution >= 4 is 21.8 Å². The molecule has 0 saturated heterocycles. The molecule has 0 aliphatic carbocycles. The van der Waals surface area contributed by atoms with Crippen molar-refractivity contribution in [1.82, 2.24) is 15.5 Å². The Kier molecular flexibility index (Phi) is 5.45. The number of halogens is 1. The molecule has 0 spiro atoms. The van der Waals surface area contributed by atoms with E-state index in [0.717, 1.165) is 21.3 Å². The molecule has 0 aliphatic heterocycles. The maximum atomic E-state index is 12.0. The fourth-order valence-corrected chi connectivity index (χ4v) is 2.64. The molecule has 0 radical (unpaired) electrons. The van der Waals surface area contributed by atoms with E-state index in [9.17, 15) is 4.79 Å². The lowest BCUT2D eigenvalue weighted by atomic mass is 10.1. The molecular weight excluding hydrogens is 386 g/mol. The number of amides is 1. The van der Waals surface area contributed by atoms with Crippen LogP contribution in [0, 0.1) is 0 Å². The van der Waals surface area contributed by atoms with Gasteiger partial charge in [0.25, 0.3) is 0 Å². The Morgan fingerprint density at radius 2 is 2.04 bits per heavy atom. The largest absolute Gasteiger partial charge is 0.497 e. The lowest BCUT2D eigenvalue weighted by Gasteiger charge is -2.04. The summed E-state index contributed by atoms with van der Waals surface area (Å²) in [6, 6.07) is 15.0. The SMILES string of the molecule is COc1ccc(CC(=O)NCc2nc(-c3cccc(Br)c3)no2)cc1. The van der Waals surface area contributed by atoms with Crippen molar-refractivity contribution in [2.75, 3.05) is 7.11 Å². The first-order valence-electron chi connectivity index (χ1n) is 7.62. The second-order valence-corrected chi connectivity index (χ2v) is 6.24. The quantitative estimate of drug-likeness (QED) is 0.684. The van der Waals surface area contributed by atoms with Gasteiger partial charge in [0.1, 0.15) is 5.75 Å². The van der Waals surface area contributed by atoms with E-state index in [-0.39, 0.29) is 18.9 Å². The van der Waals surface area contributed by atoms with Crippen molar-refractivity contribution in [1.29, 1.82) is 0 Å². The van der Waals surface area contributed by atoms with Gasteiger partial charge in [-0.2, -0.15) is 4.98 Å². The molecule has 1 heterocycles. The van der Waals surface area contributed by atoms with E-state index in [2.05, 4.69) is 31.4 Å². The summed E-state index contributed by atoms with van der Waals surface area (Å²) in [6.07, 6.45) is 0.274. The molecule has 0 unspecified atom stereocenters. The number of aromatic nitrogens is 2. The third kappa shape index (κ3) is 4.67. The van der Waals surface area contributed by atoms with Gasteiger partial charge in [-0.1, -0.05) is 45.4 Å². The molecule has 0 aliphatic rings. The molecule has 1 amide bonds. The number of hydrogen-bond donors (Lipinski definition) is 1. The van der Waals surface area contributed by atoms with Crippen LogP contribution in [0.2, 0.25) is 0 Å². The summed E-state index contributed by atoms with van der Waals surface area (Å²) in [6.45, 7) is 0.190. The van der Waals surface area contributed by atoms with Crippen LogP contribution < -0.4 is 10.1 Å². The van der Waals surface area contributed by atoms with Crippen LogP contribution in [0.4, 0.5) is 0 Å². The Morgan fingerprint density at radius 1 is 1.24 bits per heavy atom. The average molecular weight is 402 g/mol. The summed E-state index contributed by atoms with van der Waals surface area (Å²) in [5.41, 5.74) is 1.74. The number of hydrogen-bond acceptors (Lipinski definition) is 5. The third-order valence-corrected chi connectivity index (χ3v) is 4.00. The number of rotatable bonds is 6. The zero-order chi connectivity index (χ0) is 17.6. The molecule has 6 nitrogen and oxygen atoms in total. The molecule has 1 N–H and O–H groups in total. The molecule has 0 bridgehead atoms. The zero-order valence-electron chi connectivity index (χ0n) is 13.5. The fraction of sp³-hybridized carbons (Fsp3) is 0.167. The summed E-state index contributed by atoms with van der Waals surface area (Å²) in [5.74, 6) is 1.49. The van der Waals surface area contributed by atoms with Crippen LogP contribution in [0.1, 0.15) is 11.5 Å². The first-order valence-corrected chi connectivity index (χ1v) is 8.41. The number of carbonyl (C=O) groups is 1. The Balaban J connectivity index is 1.55. The smallest absolute Gasteiger partial charge is 0.246 e. The molecule has 1 aromatic heterocycles. The average Bonchev–Trinajstić information content (AvgIpc) is 3.10. The van der Waals surface area contributed by atoms with Crippen LogP contribution in [0.25, 0.3) is 11.4 Å². The summed E-state index contributed by atoms with van der Waals surface area (Å²) in [7, 11) is 1.61. The minimum Gasteiger partial charge on any atom is -0.497 e. The molecule has 3 rings (SSSR count). The van der Waals surface area contributed by atoms with Crippen LogP contribution in [0.5, 0.6) is 5.75 Å². The molecule has 2 aromatic carbocycles. The summed E-state index contributed by atoms with van der Waals surface area (Å²) in [5, 5.41) is 6.71.